The van der Waals surface area contributed by atoms with Crippen molar-refractivity contribution >= 4 is 28.1 Å². The lowest BCUT2D eigenvalue weighted by molar-refractivity contribution is 0.414. The third kappa shape index (κ3) is 3.90. The molecule has 0 fully saturated rings. The molecule has 0 N–H and O–H groups in total. The first-order valence-corrected chi connectivity index (χ1v) is 11.9. The lowest BCUT2D eigenvalue weighted by Crippen LogP contribution is -2.20. The SMILES string of the molecule is COc1ccc(-n2c(C)cc(C=Nn3c(-c4cc5ccccc5o4)nc4ccccc4c3=O)c2C)cc1. The highest BCUT2D eigenvalue weighted by Gasteiger charge is 2.17. The van der Waals surface area contributed by atoms with Gasteiger partial charge in [0.2, 0.25) is 5.82 Å². The van der Waals surface area contributed by atoms with Gasteiger partial charge in [-0.15, -0.1) is 0 Å². The summed E-state index contributed by atoms with van der Waals surface area (Å²) in [6.45, 7) is 4.07. The molecule has 0 radical (unpaired) electrons. The molecule has 6 rings (SSSR count). The zero-order valence-corrected chi connectivity index (χ0v) is 20.7. The summed E-state index contributed by atoms with van der Waals surface area (Å²) in [4.78, 5) is 18.3. The second kappa shape index (κ2) is 8.95. The fourth-order valence-electron chi connectivity index (χ4n) is 4.65. The molecule has 3 aromatic heterocycles. The van der Waals surface area contributed by atoms with Gasteiger partial charge in [0, 0.05) is 28.0 Å². The predicted molar refractivity (Wildman–Crippen MR) is 146 cm³/mol. The van der Waals surface area contributed by atoms with E-state index in [1.165, 1.54) is 4.68 Å². The average Bonchev–Trinajstić information content (AvgIpc) is 3.48. The summed E-state index contributed by atoms with van der Waals surface area (Å²) in [5, 5.41) is 6.05. The molecule has 0 atom stereocenters. The van der Waals surface area contributed by atoms with Gasteiger partial charge in [-0.05, 0) is 68.4 Å². The van der Waals surface area contributed by atoms with Crippen LogP contribution in [-0.4, -0.2) is 27.6 Å². The highest BCUT2D eigenvalue weighted by molar-refractivity contribution is 5.85. The van der Waals surface area contributed by atoms with Crippen molar-refractivity contribution in [2.75, 3.05) is 7.11 Å². The lowest BCUT2D eigenvalue weighted by atomic mass is 10.2. The first-order valence-electron chi connectivity index (χ1n) is 11.9. The molecule has 0 aliphatic rings. The normalized spacial score (nSPS) is 11.6. The molecule has 37 heavy (non-hydrogen) atoms. The quantitative estimate of drug-likeness (QED) is 0.275. The van der Waals surface area contributed by atoms with Crippen LogP contribution in [0.5, 0.6) is 5.75 Å². The van der Waals surface area contributed by atoms with E-state index >= 15 is 0 Å². The largest absolute Gasteiger partial charge is 0.497 e. The minimum atomic E-state index is -0.263. The van der Waals surface area contributed by atoms with E-state index in [9.17, 15) is 4.79 Å². The number of para-hydroxylation sites is 2. The number of nitrogens with zero attached hydrogens (tertiary/aromatic N) is 4. The van der Waals surface area contributed by atoms with Crippen molar-refractivity contribution in [2.24, 2.45) is 5.10 Å². The smallest absolute Gasteiger partial charge is 0.282 e. The van der Waals surface area contributed by atoms with Crippen molar-refractivity contribution in [3.05, 3.63) is 112 Å². The Morgan fingerprint density at radius 3 is 2.49 bits per heavy atom. The first kappa shape index (κ1) is 22.5. The van der Waals surface area contributed by atoms with Crippen LogP contribution in [0.4, 0.5) is 0 Å². The number of aryl methyl sites for hydroxylation is 1. The number of rotatable bonds is 5. The van der Waals surface area contributed by atoms with Crippen molar-refractivity contribution in [2.45, 2.75) is 13.8 Å². The van der Waals surface area contributed by atoms with E-state index in [0.29, 0.717) is 22.5 Å². The van der Waals surface area contributed by atoms with Gasteiger partial charge in [0.05, 0.1) is 24.2 Å². The van der Waals surface area contributed by atoms with E-state index in [1.807, 2.05) is 92.7 Å². The van der Waals surface area contributed by atoms with Gasteiger partial charge in [-0.2, -0.15) is 9.78 Å². The van der Waals surface area contributed by atoms with Crippen LogP contribution in [0.2, 0.25) is 0 Å². The van der Waals surface area contributed by atoms with E-state index in [0.717, 1.165) is 39.4 Å². The van der Waals surface area contributed by atoms with E-state index in [-0.39, 0.29) is 5.56 Å². The minimum Gasteiger partial charge on any atom is -0.497 e. The second-order valence-electron chi connectivity index (χ2n) is 8.82. The molecule has 7 heteroatoms. The van der Waals surface area contributed by atoms with E-state index < -0.39 is 0 Å². The average molecular weight is 489 g/mol. The highest BCUT2D eigenvalue weighted by atomic mass is 16.5. The lowest BCUT2D eigenvalue weighted by Gasteiger charge is -2.10. The Hall–Kier alpha value is -4.91. The topological polar surface area (TPSA) is 74.6 Å². The van der Waals surface area contributed by atoms with Crippen molar-refractivity contribution < 1.29 is 9.15 Å². The molecule has 0 aliphatic carbocycles. The zero-order valence-electron chi connectivity index (χ0n) is 20.7. The standard InChI is InChI=1S/C30H24N4O3/c1-19-16-22(20(2)33(19)23-12-14-24(36-3)15-13-23)18-31-34-29(28-17-21-8-4-7-11-27(21)37-28)32-26-10-6-5-9-25(26)30(34)35/h4-18H,1-3H3. The molecular weight excluding hydrogens is 464 g/mol. The molecule has 0 spiro atoms. The van der Waals surface area contributed by atoms with Gasteiger partial charge in [-0.25, -0.2) is 4.98 Å². The summed E-state index contributed by atoms with van der Waals surface area (Å²) < 4.78 is 14.8. The van der Waals surface area contributed by atoms with Gasteiger partial charge in [-0.3, -0.25) is 4.79 Å². The molecule has 3 heterocycles. The van der Waals surface area contributed by atoms with Crippen LogP contribution in [0.3, 0.4) is 0 Å². The number of hydrogen-bond acceptors (Lipinski definition) is 5. The van der Waals surface area contributed by atoms with Gasteiger partial charge in [0.25, 0.3) is 5.56 Å². The number of aromatic nitrogens is 3. The van der Waals surface area contributed by atoms with E-state index in [1.54, 1.807) is 19.4 Å². The summed E-state index contributed by atoms with van der Waals surface area (Å²) in [5.74, 6) is 1.62. The van der Waals surface area contributed by atoms with Crippen LogP contribution < -0.4 is 10.3 Å². The molecule has 0 amide bonds. The van der Waals surface area contributed by atoms with E-state index in [4.69, 9.17) is 14.1 Å². The Balaban J connectivity index is 1.49. The maximum absolute atomic E-state index is 13.5. The van der Waals surface area contributed by atoms with Crippen molar-refractivity contribution in [3.63, 3.8) is 0 Å². The van der Waals surface area contributed by atoms with Crippen LogP contribution in [0.25, 0.3) is 39.1 Å². The maximum atomic E-state index is 13.5. The maximum Gasteiger partial charge on any atom is 0.282 e. The molecule has 3 aromatic carbocycles. The van der Waals surface area contributed by atoms with Gasteiger partial charge in [-0.1, -0.05) is 30.3 Å². The second-order valence-corrected chi connectivity index (χ2v) is 8.82. The predicted octanol–water partition coefficient (Wildman–Crippen LogP) is 6.11. The Labute approximate surface area is 212 Å². The molecule has 0 saturated heterocycles. The molecule has 0 aliphatic heterocycles. The van der Waals surface area contributed by atoms with Gasteiger partial charge in [0.15, 0.2) is 5.76 Å². The molecule has 7 nitrogen and oxygen atoms in total. The number of benzene rings is 3. The highest BCUT2D eigenvalue weighted by Crippen LogP contribution is 2.27. The third-order valence-corrected chi connectivity index (χ3v) is 6.51. The third-order valence-electron chi connectivity index (χ3n) is 6.51. The zero-order chi connectivity index (χ0) is 25.5. The Morgan fingerprint density at radius 2 is 1.70 bits per heavy atom. The van der Waals surface area contributed by atoms with Gasteiger partial charge < -0.3 is 13.7 Å². The summed E-state index contributed by atoms with van der Waals surface area (Å²) in [6.07, 6.45) is 1.70. The van der Waals surface area contributed by atoms with Crippen LogP contribution in [-0.2, 0) is 0 Å². The molecule has 182 valence electrons. The van der Waals surface area contributed by atoms with Crippen LogP contribution in [0.1, 0.15) is 17.0 Å². The summed E-state index contributed by atoms with van der Waals surface area (Å²) in [6, 6.07) is 26.8. The number of methoxy groups -OCH3 is 1. The number of ether oxygens (including phenoxy) is 1. The summed E-state index contributed by atoms with van der Waals surface area (Å²) in [7, 11) is 1.65. The molecule has 6 aromatic rings. The molecule has 0 bridgehead atoms. The fraction of sp³-hybridized carbons (Fsp3) is 0.100. The fourth-order valence-corrected chi connectivity index (χ4v) is 4.65. The van der Waals surface area contributed by atoms with Gasteiger partial charge >= 0.3 is 0 Å². The number of hydrogen-bond donors (Lipinski definition) is 0. The number of fused-ring (bicyclic) bond motifs is 2. The monoisotopic (exact) mass is 488 g/mol. The van der Waals surface area contributed by atoms with Crippen molar-refractivity contribution in [1.29, 1.82) is 0 Å². The first-order chi connectivity index (χ1) is 18.0. The van der Waals surface area contributed by atoms with E-state index in [2.05, 4.69) is 9.67 Å². The summed E-state index contributed by atoms with van der Waals surface area (Å²) >= 11 is 0. The van der Waals surface area contributed by atoms with Crippen molar-refractivity contribution in [1.82, 2.24) is 14.2 Å². The van der Waals surface area contributed by atoms with Crippen molar-refractivity contribution in [3.8, 4) is 23.0 Å². The molecule has 0 saturated carbocycles. The van der Waals surface area contributed by atoms with Crippen LogP contribution >= 0.6 is 0 Å². The Bertz CT molecular complexity index is 1820. The molecule has 0 unspecified atom stereocenters. The van der Waals surface area contributed by atoms with Gasteiger partial charge in [0.1, 0.15) is 11.3 Å². The minimum absolute atomic E-state index is 0.263. The Morgan fingerprint density at radius 1 is 0.946 bits per heavy atom. The van der Waals surface area contributed by atoms with Crippen LogP contribution in [0, 0.1) is 13.8 Å². The molecular formula is C30H24N4O3. The van der Waals surface area contributed by atoms with Crippen LogP contribution in [0.15, 0.2) is 99.2 Å². The Kier molecular flexibility index (Phi) is 5.45. The number of furan rings is 1. The summed E-state index contributed by atoms with van der Waals surface area (Å²) in [5.41, 5.74) is 5.00.